The van der Waals surface area contributed by atoms with E-state index in [1.54, 1.807) is 24.3 Å². The molecule has 6 nitrogen and oxygen atoms in total. The van der Waals surface area contributed by atoms with E-state index in [4.69, 9.17) is 0 Å². The van der Waals surface area contributed by atoms with Crippen molar-refractivity contribution in [2.75, 3.05) is 16.6 Å². The summed E-state index contributed by atoms with van der Waals surface area (Å²) in [4.78, 5) is 11.7. The molecule has 2 N–H and O–H groups in total. The molecule has 128 valence electrons. The number of nitrogens with one attached hydrogen (secondary N) is 2. The third kappa shape index (κ3) is 4.94. The van der Waals surface area contributed by atoms with Crippen molar-refractivity contribution < 1.29 is 13.2 Å². The van der Waals surface area contributed by atoms with Crippen molar-refractivity contribution >= 4 is 27.5 Å². The number of carbonyl (C=O) groups is 1. The Labute approximate surface area is 138 Å². The lowest BCUT2D eigenvalue weighted by molar-refractivity contribution is -0.116. The topological polar surface area (TPSA) is 78.5 Å². The Kier molecular flexibility index (Phi) is 5.64. The van der Waals surface area contributed by atoms with Gasteiger partial charge in [0.2, 0.25) is 5.91 Å². The molecule has 1 amide bonds. The van der Waals surface area contributed by atoms with E-state index in [-0.39, 0.29) is 11.9 Å². The molecule has 0 aromatic heterocycles. The zero-order valence-electron chi connectivity index (χ0n) is 13.9. The molecule has 1 aromatic rings. The van der Waals surface area contributed by atoms with Crippen LogP contribution in [-0.2, 0) is 15.0 Å². The van der Waals surface area contributed by atoms with Gasteiger partial charge in [-0.15, -0.1) is 0 Å². The van der Waals surface area contributed by atoms with Crippen LogP contribution in [0.1, 0.15) is 40.0 Å². The average Bonchev–Trinajstić information content (AvgIpc) is 2.87. The first-order chi connectivity index (χ1) is 10.8. The van der Waals surface area contributed by atoms with Crippen LogP contribution in [0.5, 0.6) is 0 Å². The fourth-order valence-electron chi connectivity index (χ4n) is 2.68. The molecule has 7 heteroatoms. The van der Waals surface area contributed by atoms with Crippen molar-refractivity contribution in [3.63, 3.8) is 0 Å². The minimum Gasteiger partial charge on any atom is -0.326 e. The quantitative estimate of drug-likeness (QED) is 0.836. The number of hydrogen-bond acceptors (Lipinski definition) is 3. The molecular weight excluding hydrogens is 314 g/mol. The molecule has 1 atom stereocenters. The van der Waals surface area contributed by atoms with Gasteiger partial charge in [-0.1, -0.05) is 13.8 Å². The van der Waals surface area contributed by atoms with E-state index in [0.717, 1.165) is 12.8 Å². The van der Waals surface area contributed by atoms with Crippen LogP contribution in [0.3, 0.4) is 0 Å². The third-order valence-electron chi connectivity index (χ3n) is 3.81. The van der Waals surface area contributed by atoms with Crippen molar-refractivity contribution in [3.8, 4) is 0 Å². The summed E-state index contributed by atoms with van der Waals surface area (Å²) in [5.41, 5.74) is 1.15. The summed E-state index contributed by atoms with van der Waals surface area (Å²) < 4.78 is 28.8. The van der Waals surface area contributed by atoms with Gasteiger partial charge in [0.1, 0.15) is 0 Å². The summed E-state index contributed by atoms with van der Waals surface area (Å²) in [7, 11) is -3.52. The lowest BCUT2D eigenvalue weighted by atomic mass is 10.1. The van der Waals surface area contributed by atoms with E-state index in [1.165, 1.54) is 4.31 Å². The van der Waals surface area contributed by atoms with Gasteiger partial charge in [-0.2, -0.15) is 12.7 Å². The van der Waals surface area contributed by atoms with E-state index >= 15 is 0 Å². The van der Waals surface area contributed by atoms with Crippen molar-refractivity contribution in [1.82, 2.24) is 4.31 Å². The van der Waals surface area contributed by atoms with Gasteiger partial charge in [-0.05, 0) is 49.9 Å². The molecule has 0 saturated carbocycles. The van der Waals surface area contributed by atoms with Crippen LogP contribution in [0, 0.1) is 5.92 Å². The number of carbonyl (C=O) groups excluding carboxylic acids is 1. The van der Waals surface area contributed by atoms with Gasteiger partial charge in [0.25, 0.3) is 0 Å². The van der Waals surface area contributed by atoms with Gasteiger partial charge < -0.3 is 5.32 Å². The summed E-state index contributed by atoms with van der Waals surface area (Å²) in [6, 6.07) is 6.74. The van der Waals surface area contributed by atoms with Crippen LogP contribution in [0.15, 0.2) is 24.3 Å². The fraction of sp³-hybridized carbons (Fsp3) is 0.562. The highest BCUT2D eigenvalue weighted by molar-refractivity contribution is 7.90. The zero-order chi connectivity index (χ0) is 17.0. The highest BCUT2D eigenvalue weighted by atomic mass is 32.2. The molecule has 0 bridgehead atoms. The number of benzene rings is 1. The maximum Gasteiger partial charge on any atom is 0.301 e. The Hall–Kier alpha value is -1.60. The van der Waals surface area contributed by atoms with Crippen LogP contribution in [-0.4, -0.2) is 31.2 Å². The van der Waals surface area contributed by atoms with E-state index in [0.29, 0.717) is 30.3 Å². The van der Waals surface area contributed by atoms with Crippen LogP contribution in [0.2, 0.25) is 0 Å². The second-order valence-electron chi connectivity index (χ2n) is 6.43. The van der Waals surface area contributed by atoms with Crippen molar-refractivity contribution in [1.29, 1.82) is 0 Å². The lowest BCUT2D eigenvalue weighted by Gasteiger charge is -2.21. The number of hydrogen-bond donors (Lipinski definition) is 2. The third-order valence-corrected chi connectivity index (χ3v) is 5.46. The van der Waals surface area contributed by atoms with Crippen LogP contribution >= 0.6 is 0 Å². The summed E-state index contributed by atoms with van der Waals surface area (Å²) >= 11 is 0. The predicted molar refractivity (Wildman–Crippen MR) is 92.5 cm³/mol. The molecule has 1 aliphatic rings. The Morgan fingerprint density at radius 2 is 1.87 bits per heavy atom. The van der Waals surface area contributed by atoms with E-state index in [9.17, 15) is 13.2 Å². The smallest absolute Gasteiger partial charge is 0.301 e. The maximum absolute atomic E-state index is 12.3. The Bertz CT molecular complexity index is 641. The number of anilines is 2. The van der Waals surface area contributed by atoms with Gasteiger partial charge in [-0.3, -0.25) is 9.52 Å². The minimum absolute atomic E-state index is 0.0297. The lowest BCUT2D eigenvalue weighted by Crippen LogP contribution is -2.37. The van der Waals surface area contributed by atoms with Gasteiger partial charge in [-0.25, -0.2) is 0 Å². The molecular formula is C16H25N3O3S. The molecule has 0 radical (unpaired) electrons. The van der Waals surface area contributed by atoms with Gasteiger partial charge >= 0.3 is 10.2 Å². The Balaban J connectivity index is 1.98. The second kappa shape index (κ2) is 7.31. The largest absolute Gasteiger partial charge is 0.326 e. The average molecular weight is 339 g/mol. The molecule has 1 aliphatic heterocycles. The second-order valence-corrected chi connectivity index (χ2v) is 8.06. The molecule has 1 fully saturated rings. The first-order valence-corrected chi connectivity index (χ1v) is 9.41. The van der Waals surface area contributed by atoms with E-state index in [2.05, 4.69) is 10.0 Å². The van der Waals surface area contributed by atoms with Crippen molar-refractivity contribution in [2.45, 2.75) is 46.1 Å². The first-order valence-electron chi connectivity index (χ1n) is 7.97. The molecule has 23 heavy (non-hydrogen) atoms. The Morgan fingerprint density at radius 3 is 2.39 bits per heavy atom. The van der Waals surface area contributed by atoms with Crippen molar-refractivity contribution in [2.24, 2.45) is 5.92 Å². The highest BCUT2D eigenvalue weighted by Crippen LogP contribution is 2.23. The molecule has 2 rings (SSSR count). The summed E-state index contributed by atoms with van der Waals surface area (Å²) in [6.45, 7) is 6.44. The maximum atomic E-state index is 12.3. The van der Waals surface area contributed by atoms with Crippen LogP contribution in [0.4, 0.5) is 11.4 Å². The van der Waals surface area contributed by atoms with Crippen LogP contribution in [0.25, 0.3) is 0 Å². The molecule has 0 aliphatic carbocycles. The fourth-order valence-corrected chi connectivity index (χ4v) is 4.18. The predicted octanol–water partition coefficient (Wildman–Crippen LogP) is 2.81. The molecule has 0 spiro atoms. The molecule has 1 heterocycles. The SMILES string of the molecule is CC(C)CC(=O)Nc1ccc(NS(=O)(=O)N2CCC[C@H]2C)cc1. The summed E-state index contributed by atoms with van der Waals surface area (Å²) in [6.07, 6.45) is 2.24. The molecule has 0 unspecified atom stereocenters. The summed E-state index contributed by atoms with van der Waals surface area (Å²) in [5.74, 6) is 0.253. The summed E-state index contributed by atoms with van der Waals surface area (Å²) in [5, 5.41) is 2.80. The van der Waals surface area contributed by atoms with Gasteiger partial charge in [0.15, 0.2) is 0 Å². The van der Waals surface area contributed by atoms with E-state index < -0.39 is 10.2 Å². The van der Waals surface area contributed by atoms with Gasteiger partial charge in [0, 0.05) is 30.4 Å². The van der Waals surface area contributed by atoms with Crippen molar-refractivity contribution in [3.05, 3.63) is 24.3 Å². The van der Waals surface area contributed by atoms with Crippen LogP contribution < -0.4 is 10.0 Å². The number of amides is 1. The van der Waals surface area contributed by atoms with E-state index in [1.807, 2.05) is 20.8 Å². The molecule has 1 saturated heterocycles. The standard InChI is InChI=1S/C16H25N3O3S/c1-12(2)11-16(20)17-14-6-8-15(9-7-14)18-23(21,22)19-10-4-5-13(19)3/h6-9,12-13,18H,4-5,10-11H2,1-3H3,(H,17,20)/t13-/m1/s1. The normalized spacial score (nSPS) is 19.0. The minimum atomic E-state index is -3.52. The van der Waals surface area contributed by atoms with Gasteiger partial charge in [0.05, 0.1) is 0 Å². The highest BCUT2D eigenvalue weighted by Gasteiger charge is 2.31. The zero-order valence-corrected chi connectivity index (χ0v) is 14.7. The molecule has 1 aromatic carbocycles. The Morgan fingerprint density at radius 1 is 1.26 bits per heavy atom. The first kappa shape index (κ1) is 17.7. The number of rotatable bonds is 6. The number of nitrogens with zero attached hydrogens (tertiary/aromatic N) is 1. The monoisotopic (exact) mass is 339 g/mol.